The minimum atomic E-state index is -0.965. The second-order valence-corrected chi connectivity index (χ2v) is 8.06. The van der Waals surface area contributed by atoms with Crippen molar-refractivity contribution in [2.45, 2.75) is 69.4 Å². The van der Waals surface area contributed by atoms with Crippen LogP contribution in [0.2, 0.25) is 0 Å². The van der Waals surface area contributed by atoms with Gasteiger partial charge in [-0.1, -0.05) is 56.2 Å². The second-order valence-electron chi connectivity index (χ2n) is 8.06. The van der Waals surface area contributed by atoms with E-state index < -0.39 is 24.4 Å². The first-order valence-corrected chi connectivity index (χ1v) is 11.5. The number of unbranched alkanes of at least 4 members (excludes halogenated alkanes) is 3. The largest absolute Gasteiger partial charge is 0.504 e. The van der Waals surface area contributed by atoms with Gasteiger partial charge < -0.3 is 36.0 Å². The van der Waals surface area contributed by atoms with E-state index >= 15 is 0 Å². The van der Waals surface area contributed by atoms with Gasteiger partial charge in [0.05, 0.1) is 18.3 Å². The van der Waals surface area contributed by atoms with E-state index in [1.165, 1.54) is 30.4 Å². The van der Waals surface area contributed by atoms with Crippen molar-refractivity contribution in [2.75, 3.05) is 6.54 Å². The van der Waals surface area contributed by atoms with Crippen LogP contribution in [-0.4, -0.2) is 67.5 Å². The molecule has 1 amide bonds. The Balaban J connectivity index is 2.13. The molecule has 0 radical (unpaired) electrons. The Hall–Kier alpha value is -3.27. The van der Waals surface area contributed by atoms with E-state index in [1.807, 2.05) is 0 Å². The van der Waals surface area contributed by atoms with Gasteiger partial charge in [0.2, 0.25) is 5.91 Å². The molecule has 8 heteroatoms. The molecule has 1 rings (SSSR count). The van der Waals surface area contributed by atoms with Gasteiger partial charge in [0, 0.05) is 19.0 Å². The number of carbonyl (C=O) groups excluding carboxylic acids is 1. The zero-order chi connectivity index (χ0) is 26.1. The lowest BCUT2D eigenvalue weighted by Gasteiger charge is -2.15. The number of hydrogen-bond donors (Lipinski definition) is 7. The number of aliphatic hydroxyl groups excluding tert-OH is 4. The highest BCUT2D eigenvalue weighted by atomic mass is 16.3. The molecule has 7 N–H and O–H groups in total. The number of hydrogen-bond acceptors (Lipinski definition) is 7. The molecule has 4 atom stereocenters. The maximum Gasteiger partial charge on any atom is 0.244 e. The maximum atomic E-state index is 11.9. The van der Waals surface area contributed by atoms with Crippen molar-refractivity contribution in [3.63, 3.8) is 0 Å². The number of phenols is 2. The third-order valence-corrected chi connectivity index (χ3v) is 5.08. The van der Waals surface area contributed by atoms with Crippen molar-refractivity contribution in [3.8, 4) is 35.2 Å². The molecule has 0 spiro atoms. The lowest BCUT2D eigenvalue weighted by Crippen LogP contribution is -2.30. The minimum absolute atomic E-state index is 0.0878. The van der Waals surface area contributed by atoms with E-state index in [-0.39, 0.29) is 30.4 Å². The van der Waals surface area contributed by atoms with Crippen LogP contribution < -0.4 is 5.32 Å². The van der Waals surface area contributed by atoms with E-state index in [9.17, 15) is 30.3 Å². The summed E-state index contributed by atoms with van der Waals surface area (Å²) >= 11 is 0. The molecule has 0 bridgehead atoms. The second kappa shape index (κ2) is 17.2. The van der Waals surface area contributed by atoms with Gasteiger partial charge in [-0.15, -0.1) is 0 Å². The number of aliphatic hydroxyl groups is 4. The van der Waals surface area contributed by atoms with Gasteiger partial charge in [-0.05, 0) is 48.5 Å². The molecule has 0 aromatic heterocycles. The summed E-state index contributed by atoms with van der Waals surface area (Å²) < 4.78 is 0. The van der Waals surface area contributed by atoms with Crippen LogP contribution in [-0.2, 0) is 4.79 Å². The van der Waals surface area contributed by atoms with Crippen molar-refractivity contribution >= 4 is 12.0 Å². The van der Waals surface area contributed by atoms with Crippen molar-refractivity contribution in [1.82, 2.24) is 5.32 Å². The predicted octanol–water partition coefficient (Wildman–Crippen LogP) is 1.59. The first-order valence-electron chi connectivity index (χ1n) is 11.5. The van der Waals surface area contributed by atoms with Crippen LogP contribution in [0.25, 0.3) is 6.08 Å². The zero-order valence-electron chi connectivity index (χ0n) is 19.7. The molecular weight excluding hydrogens is 450 g/mol. The monoisotopic (exact) mass is 485 g/mol. The highest BCUT2D eigenvalue weighted by molar-refractivity contribution is 5.91. The third kappa shape index (κ3) is 13.9. The van der Waals surface area contributed by atoms with Gasteiger partial charge in [-0.25, -0.2) is 0 Å². The molecule has 0 aliphatic heterocycles. The molecule has 1 aromatic carbocycles. The van der Waals surface area contributed by atoms with Gasteiger partial charge in [-0.2, -0.15) is 0 Å². The Bertz CT molecular complexity index is 952. The van der Waals surface area contributed by atoms with Crippen LogP contribution >= 0.6 is 0 Å². The first kappa shape index (κ1) is 29.8. The highest BCUT2D eigenvalue weighted by Gasteiger charge is 2.14. The Morgan fingerprint density at radius 2 is 1.69 bits per heavy atom. The summed E-state index contributed by atoms with van der Waals surface area (Å²) in [5.41, 5.74) is 0.552. The van der Waals surface area contributed by atoms with Crippen LogP contribution in [0.1, 0.15) is 50.5 Å². The lowest BCUT2D eigenvalue weighted by atomic mass is 10.0. The van der Waals surface area contributed by atoms with E-state index in [4.69, 9.17) is 5.11 Å². The van der Waals surface area contributed by atoms with E-state index in [0.29, 0.717) is 18.4 Å². The number of rotatable bonds is 14. The molecule has 8 nitrogen and oxygen atoms in total. The van der Waals surface area contributed by atoms with Gasteiger partial charge in [-0.3, -0.25) is 4.79 Å². The molecule has 0 unspecified atom stereocenters. The Morgan fingerprint density at radius 1 is 0.971 bits per heavy atom. The zero-order valence-corrected chi connectivity index (χ0v) is 19.7. The number of nitrogens with one attached hydrogen (secondary N) is 1. The molecule has 0 saturated heterocycles. The van der Waals surface area contributed by atoms with Crippen LogP contribution in [0.5, 0.6) is 11.5 Å². The molecule has 0 heterocycles. The summed E-state index contributed by atoms with van der Waals surface area (Å²) in [6.07, 6.45) is 4.82. The summed E-state index contributed by atoms with van der Waals surface area (Å²) in [6.45, 7) is 3.50. The van der Waals surface area contributed by atoms with Crippen molar-refractivity contribution in [1.29, 1.82) is 0 Å². The molecule has 190 valence electrons. The summed E-state index contributed by atoms with van der Waals surface area (Å²) in [7, 11) is 0. The van der Waals surface area contributed by atoms with Crippen molar-refractivity contribution < 1.29 is 35.4 Å². The Kier molecular flexibility index (Phi) is 14.6. The molecule has 0 saturated carbocycles. The van der Waals surface area contributed by atoms with Crippen LogP contribution in [0, 0.1) is 23.7 Å². The molecular formula is C27H35NO7. The predicted molar refractivity (Wildman–Crippen MR) is 134 cm³/mol. The highest BCUT2D eigenvalue weighted by Crippen LogP contribution is 2.25. The number of amides is 1. The maximum absolute atomic E-state index is 11.9. The van der Waals surface area contributed by atoms with Gasteiger partial charge in [0.15, 0.2) is 11.5 Å². The van der Waals surface area contributed by atoms with Crippen LogP contribution in [0.3, 0.4) is 0 Å². The smallest absolute Gasteiger partial charge is 0.244 e. The van der Waals surface area contributed by atoms with E-state index in [2.05, 4.69) is 35.6 Å². The molecule has 0 aliphatic rings. The number of phenolic OH excluding ortho intramolecular Hbond substituents is 2. The van der Waals surface area contributed by atoms with Crippen molar-refractivity contribution in [3.05, 3.63) is 42.5 Å². The van der Waals surface area contributed by atoms with Gasteiger partial charge >= 0.3 is 0 Å². The number of benzene rings is 1. The fourth-order valence-corrected chi connectivity index (χ4v) is 2.98. The number of carbonyl (C=O) groups is 1. The Morgan fingerprint density at radius 3 is 2.37 bits per heavy atom. The average Bonchev–Trinajstić information content (AvgIpc) is 2.84. The minimum Gasteiger partial charge on any atom is -0.504 e. The summed E-state index contributed by atoms with van der Waals surface area (Å²) in [5.74, 6) is 9.15. The SMILES string of the molecule is C=C[C@@H](O)C#CC#CC[C@H](O)[C@H](O)CCCCCC[C@H](O)CNC(=O)C=Cc1ccc(O)c(O)c1. The average molecular weight is 486 g/mol. The van der Waals surface area contributed by atoms with Crippen LogP contribution in [0.15, 0.2) is 36.9 Å². The standard InChI is InChI=1S/C27H35NO7/c1-2-21(29)10-7-5-9-13-24(32)23(31)12-8-4-3-6-11-22(30)19-28-27(35)17-15-20-14-16-25(33)26(34)18-20/h2,14-18,21-24,29-34H,1,3-4,6,8,11-13,19H2,(H,28,35)/t21-,22+,23-,24+/m1/s1. The Labute approximate surface area is 206 Å². The lowest BCUT2D eigenvalue weighted by molar-refractivity contribution is -0.116. The normalized spacial score (nSPS) is 14.1. The number of aromatic hydroxyl groups is 2. The van der Waals surface area contributed by atoms with E-state index in [0.717, 1.165) is 25.7 Å². The van der Waals surface area contributed by atoms with Gasteiger partial charge in [0.1, 0.15) is 6.10 Å². The topological polar surface area (TPSA) is 150 Å². The summed E-state index contributed by atoms with van der Waals surface area (Å²) in [4.78, 5) is 11.9. The summed E-state index contributed by atoms with van der Waals surface area (Å²) in [6, 6.07) is 4.21. The quantitative estimate of drug-likeness (QED) is 0.0695. The van der Waals surface area contributed by atoms with Crippen molar-refractivity contribution in [2.24, 2.45) is 0 Å². The fourth-order valence-electron chi connectivity index (χ4n) is 2.98. The van der Waals surface area contributed by atoms with E-state index in [1.54, 1.807) is 6.07 Å². The van der Waals surface area contributed by atoms with Gasteiger partial charge in [0.25, 0.3) is 0 Å². The fraction of sp³-hybridized carbons (Fsp3) is 0.444. The summed E-state index contributed by atoms with van der Waals surface area (Å²) in [5, 5.41) is 60.4. The molecule has 0 aliphatic carbocycles. The molecule has 0 fully saturated rings. The molecule has 1 aromatic rings. The van der Waals surface area contributed by atoms with Crippen LogP contribution in [0.4, 0.5) is 0 Å². The first-order chi connectivity index (χ1) is 16.7. The third-order valence-electron chi connectivity index (χ3n) is 5.08. The molecule has 35 heavy (non-hydrogen) atoms.